The van der Waals surface area contributed by atoms with Crippen LogP contribution in [-0.2, 0) is 22.4 Å². The van der Waals surface area contributed by atoms with Gasteiger partial charge in [0.25, 0.3) is 5.91 Å². The van der Waals surface area contributed by atoms with E-state index >= 15 is 0 Å². The lowest BCUT2D eigenvalue weighted by Gasteiger charge is -2.16. The maximum atomic E-state index is 12.9. The van der Waals surface area contributed by atoms with Crippen molar-refractivity contribution in [2.24, 2.45) is 0 Å². The van der Waals surface area contributed by atoms with Crippen molar-refractivity contribution in [2.45, 2.75) is 32.2 Å². The molecule has 1 N–H and O–H groups in total. The quantitative estimate of drug-likeness (QED) is 0.635. The van der Waals surface area contributed by atoms with E-state index in [-0.39, 0.29) is 18.6 Å². The molecule has 1 aromatic heterocycles. The SMILES string of the molecule is C[C@H](NC(=O)COC(=O)c1c2c(nc3ccccc13)CCC2)c1ccccc1Cl. The summed E-state index contributed by atoms with van der Waals surface area (Å²) in [5.41, 5.74) is 4.02. The normalized spacial score (nSPS) is 13.7. The van der Waals surface area contributed by atoms with Crippen LogP contribution in [0.15, 0.2) is 48.5 Å². The highest BCUT2D eigenvalue weighted by Gasteiger charge is 2.25. The second-order valence-corrected chi connectivity index (χ2v) is 7.58. The molecule has 29 heavy (non-hydrogen) atoms. The fraction of sp³-hybridized carbons (Fsp3) is 0.261. The monoisotopic (exact) mass is 408 g/mol. The van der Waals surface area contributed by atoms with Gasteiger partial charge in [0.1, 0.15) is 0 Å². The van der Waals surface area contributed by atoms with Crippen molar-refractivity contribution in [3.63, 3.8) is 0 Å². The molecule has 0 fully saturated rings. The summed E-state index contributed by atoms with van der Waals surface area (Å²) in [6.07, 6.45) is 2.62. The zero-order valence-electron chi connectivity index (χ0n) is 16.1. The number of ether oxygens (including phenoxy) is 1. The summed E-state index contributed by atoms with van der Waals surface area (Å²) in [5.74, 6) is -0.858. The van der Waals surface area contributed by atoms with E-state index in [2.05, 4.69) is 10.3 Å². The Morgan fingerprint density at radius 2 is 1.90 bits per heavy atom. The Bertz CT molecular complexity index is 1100. The first kappa shape index (κ1) is 19.4. The fourth-order valence-electron chi connectivity index (χ4n) is 3.83. The number of pyridine rings is 1. The third-order valence-corrected chi connectivity index (χ3v) is 5.55. The molecule has 0 unspecified atom stereocenters. The van der Waals surface area contributed by atoms with Crippen molar-refractivity contribution in [1.29, 1.82) is 0 Å². The summed E-state index contributed by atoms with van der Waals surface area (Å²) >= 11 is 6.18. The highest BCUT2D eigenvalue weighted by atomic mass is 35.5. The summed E-state index contributed by atoms with van der Waals surface area (Å²) in [6, 6.07) is 14.6. The van der Waals surface area contributed by atoms with E-state index in [1.54, 1.807) is 6.07 Å². The van der Waals surface area contributed by atoms with Crippen LogP contribution in [0.3, 0.4) is 0 Å². The second-order valence-electron chi connectivity index (χ2n) is 7.17. The molecule has 3 aromatic rings. The second kappa shape index (κ2) is 8.21. The predicted octanol–water partition coefficient (Wildman–Crippen LogP) is 4.41. The molecule has 0 spiro atoms. The molecule has 5 nitrogen and oxygen atoms in total. The van der Waals surface area contributed by atoms with Gasteiger partial charge < -0.3 is 10.1 Å². The van der Waals surface area contributed by atoms with Gasteiger partial charge in [0, 0.05) is 16.1 Å². The summed E-state index contributed by atoms with van der Waals surface area (Å²) < 4.78 is 5.38. The number of aryl methyl sites for hydroxylation is 1. The van der Waals surface area contributed by atoms with E-state index in [1.165, 1.54) is 0 Å². The van der Waals surface area contributed by atoms with Gasteiger partial charge in [0.05, 0.1) is 17.1 Å². The van der Waals surface area contributed by atoms with Crippen LogP contribution in [0.5, 0.6) is 0 Å². The van der Waals surface area contributed by atoms with Crippen LogP contribution in [0.25, 0.3) is 10.9 Å². The van der Waals surface area contributed by atoms with Gasteiger partial charge in [-0.25, -0.2) is 4.79 Å². The maximum Gasteiger partial charge on any atom is 0.339 e. The van der Waals surface area contributed by atoms with E-state index in [4.69, 9.17) is 16.3 Å². The van der Waals surface area contributed by atoms with Gasteiger partial charge in [0.2, 0.25) is 0 Å². The molecule has 1 atom stereocenters. The number of carbonyl (C=O) groups is 2. The van der Waals surface area contributed by atoms with Crippen molar-refractivity contribution in [3.8, 4) is 0 Å². The number of carbonyl (C=O) groups excluding carboxylic acids is 2. The highest BCUT2D eigenvalue weighted by Crippen LogP contribution is 2.30. The van der Waals surface area contributed by atoms with Gasteiger partial charge in [-0.3, -0.25) is 9.78 Å². The third-order valence-electron chi connectivity index (χ3n) is 5.21. The Kier molecular flexibility index (Phi) is 5.49. The van der Waals surface area contributed by atoms with Crippen LogP contribution >= 0.6 is 11.6 Å². The standard InChI is InChI=1S/C23H21ClN2O3/c1-14(15-7-2-4-10-18(15)24)25-21(27)13-29-23(28)22-16-8-3-5-11-19(16)26-20-12-6-9-17(20)22/h2-5,7-8,10-11,14H,6,9,12-13H2,1H3,(H,25,27)/t14-/m0/s1. The minimum absolute atomic E-state index is 0.291. The molecular weight excluding hydrogens is 388 g/mol. The molecule has 1 heterocycles. The lowest BCUT2D eigenvalue weighted by molar-refractivity contribution is -0.124. The Balaban J connectivity index is 1.48. The molecule has 1 aliphatic carbocycles. The largest absolute Gasteiger partial charge is 0.452 e. The summed E-state index contributed by atoms with van der Waals surface area (Å²) in [5, 5.41) is 4.17. The molecule has 0 saturated heterocycles. The van der Waals surface area contributed by atoms with Gasteiger partial charge in [0.15, 0.2) is 6.61 Å². The number of amides is 1. The van der Waals surface area contributed by atoms with Crippen molar-refractivity contribution in [2.75, 3.05) is 6.61 Å². The van der Waals surface area contributed by atoms with Crippen LogP contribution in [0.4, 0.5) is 0 Å². The van der Waals surface area contributed by atoms with Crippen molar-refractivity contribution in [3.05, 3.63) is 75.9 Å². The van der Waals surface area contributed by atoms with E-state index in [1.807, 2.05) is 49.4 Å². The molecule has 0 bridgehead atoms. The molecule has 0 aliphatic heterocycles. The number of esters is 1. The van der Waals surface area contributed by atoms with Gasteiger partial charge in [-0.05, 0) is 49.4 Å². The van der Waals surface area contributed by atoms with Gasteiger partial charge in [-0.15, -0.1) is 0 Å². The zero-order valence-corrected chi connectivity index (χ0v) is 16.8. The number of fused-ring (bicyclic) bond motifs is 2. The molecule has 2 aromatic carbocycles. The maximum absolute atomic E-state index is 12.9. The van der Waals surface area contributed by atoms with Crippen molar-refractivity contribution < 1.29 is 14.3 Å². The molecule has 6 heteroatoms. The summed E-state index contributed by atoms with van der Waals surface area (Å²) in [4.78, 5) is 29.9. The number of rotatable bonds is 5. The first-order chi connectivity index (χ1) is 14.0. The number of halogens is 1. The number of nitrogens with one attached hydrogen (secondary N) is 1. The molecule has 1 amide bonds. The lowest BCUT2D eigenvalue weighted by atomic mass is 10.0. The zero-order chi connectivity index (χ0) is 20.4. The van der Waals surface area contributed by atoms with Crippen molar-refractivity contribution in [1.82, 2.24) is 10.3 Å². The summed E-state index contributed by atoms with van der Waals surface area (Å²) in [6.45, 7) is 1.49. The summed E-state index contributed by atoms with van der Waals surface area (Å²) in [7, 11) is 0. The van der Waals surface area contributed by atoms with Crippen LogP contribution in [-0.4, -0.2) is 23.5 Å². The third kappa shape index (κ3) is 3.96. The number of benzene rings is 2. The number of para-hydroxylation sites is 1. The van der Waals surface area contributed by atoms with Gasteiger partial charge in [-0.2, -0.15) is 0 Å². The topological polar surface area (TPSA) is 68.3 Å². The molecule has 0 radical (unpaired) electrons. The first-order valence-electron chi connectivity index (χ1n) is 9.66. The van der Waals surface area contributed by atoms with E-state index in [0.29, 0.717) is 10.6 Å². The molecular formula is C23H21ClN2O3. The van der Waals surface area contributed by atoms with Gasteiger partial charge in [-0.1, -0.05) is 48.0 Å². The van der Waals surface area contributed by atoms with Crippen molar-refractivity contribution >= 4 is 34.4 Å². The van der Waals surface area contributed by atoms with Crippen LogP contribution in [0.1, 0.15) is 46.6 Å². The molecule has 0 saturated carbocycles. The Morgan fingerprint density at radius 1 is 1.14 bits per heavy atom. The minimum atomic E-state index is -0.484. The minimum Gasteiger partial charge on any atom is -0.452 e. The van der Waals surface area contributed by atoms with E-state index in [9.17, 15) is 9.59 Å². The Morgan fingerprint density at radius 3 is 2.72 bits per heavy atom. The average molecular weight is 409 g/mol. The fourth-order valence-corrected chi connectivity index (χ4v) is 4.13. The lowest BCUT2D eigenvalue weighted by Crippen LogP contribution is -2.31. The average Bonchev–Trinajstić information content (AvgIpc) is 3.18. The highest BCUT2D eigenvalue weighted by molar-refractivity contribution is 6.31. The number of aromatic nitrogens is 1. The smallest absolute Gasteiger partial charge is 0.339 e. The van der Waals surface area contributed by atoms with Gasteiger partial charge >= 0.3 is 5.97 Å². The molecule has 4 rings (SSSR count). The van der Waals surface area contributed by atoms with E-state index < -0.39 is 5.97 Å². The molecule has 148 valence electrons. The van der Waals surface area contributed by atoms with Crippen LogP contribution in [0, 0.1) is 0 Å². The number of hydrogen-bond donors (Lipinski definition) is 1. The first-order valence-corrected chi connectivity index (χ1v) is 10.0. The predicted molar refractivity (Wildman–Crippen MR) is 112 cm³/mol. The Labute approximate surface area is 174 Å². The molecule has 1 aliphatic rings. The van der Waals surface area contributed by atoms with Crippen LogP contribution in [0.2, 0.25) is 5.02 Å². The number of nitrogens with zero attached hydrogens (tertiary/aromatic N) is 1. The Hall–Kier alpha value is -2.92. The van der Waals surface area contributed by atoms with Crippen LogP contribution < -0.4 is 5.32 Å². The number of hydrogen-bond acceptors (Lipinski definition) is 4. The van der Waals surface area contributed by atoms with E-state index in [0.717, 1.165) is 47.0 Å².